The highest BCUT2D eigenvalue weighted by molar-refractivity contribution is 7.99. The molecule has 1 fully saturated rings. The third-order valence-electron chi connectivity index (χ3n) is 3.34. The van der Waals surface area contributed by atoms with Crippen molar-refractivity contribution in [1.82, 2.24) is 5.32 Å². The van der Waals surface area contributed by atoms with Crippen LogP contribution in [-0.4, -0.2) is 45.7 Å². The van der Waals surface area contributed by atoms with Crippen molar-refractivity contribution < 1.29 is 23.7 Å². The van der Waals surface area contributed by atoms with E-state index in [1.165, 1.54) is 0 Å². The van der Waals surface area contributed by atoms with Crippen LogP contribution in [0.15, 0.2) is 12.1 Å². The number of ether oxygens (including phenoxy) is 4. The second kappa shape index (κ2) is 7.60. The van der Waals surface area contributed by atoms with Crippen molar-refractivity contribution in [2.45, 2.75) is 18.3 Å². The number of carbonyl (C=O) groups excluding carboxylic acids is 1. The molecule has 0 saturated carbocycles. The number of thioether (sulfide) groups is 1. The topological polar surface area (TPSA) is 66.0 Å². The number of benzene rings is 1. The molecule has 0 radical (unpaired) electrons. The smallest absolute Gasteiger partial charge is 0.324 e. The van der Waals surface area contributed by atoms with E-state index < -0.39 is 0 Å². The lowest BCUT2D eigenvalue weighted by Crippen LogP contribution is -2.35. The minimum absolute atomic E-state index is 0.0249. The number of carbonyl (C=O) groups is 1. The Bertz CT molecular complexity index is 512. The van der Waals surface area contributed by atoms with E-state index in [9.17, 15) is 4.79 Å². The van der Waals surface area contributed by atoms with E-state index in [0.29, 0.717) is 29.6 Å². The molecule has 1 aromatic rings. The molecule has 2 rings (SSSR count). The Morgan fingerprint density at radius 2 is 1.86 bits per heavy atom. The van der Waals surface area contributed by atoms with Crippen LogP contribution in [-0.2, 0) is 9.53 Å². The first-order valence-electron chi connectivity index (χ1n) is 6.98. The average Bonchev–Trinajstić information content (AvgIpc) is 3.03. The molecule has 0 aromatic heterocycles. The third-order valence-corrected chi connectivity index (χ3v) is 4.61. The van der Waals surface area contributed by atoms with E-state index in [4.69, 9.17) is 18.9 Å². The molecule has 1 N–H and O–H groups in total. The van der Waals surface area contributed by atoms with Gasteiger partial charge in [0.15, 0.2) is 11.5 Å². The van der Waals surface area contributed by atoms with E-state index in [-0.39, 0.29) is 17.4 Å². The van der Waals surface area contributed by atoms with Crippen molar-refractivity contribution in [2.24, 2.45) is 0 Å². The molecule has 1 heterocycles. The van der Waals surface area contributed by atoms with Crippen molar-refractivity contribution in [3.8, 4) is 17.2 Å². The van der Waals surface area contributed by atoms with Gasteiger partial charge in [-0.1, -0.05) is 0 Å². The van der Waals surface area contributed by atoms with E-state index in [0.717, 1.165) is 5.56 Å². The number of hydrogen-bond donors (Lipinski definition) is 1. The third kappa shape index (κ3) is 3.41. The molecule has 1 aromatic carbocycles. The van der Waals surface area contributed by atoms with Gasteiger partial charge >= 0.3 is 5.97 Å². The number of nitrogens with one attached hydrogen (secondary N) is 1. The van der Waals surface area contributed by atoms with Crippen LogP contribution in [0.2, 0.25) is 0 Å². The van der Waals surface area contributed by atoms with Gasteiger partial charge in [0.25, 0.3) is 0 Å². The van der Waals surface area contributed by atoms with Gasteiger partial charge in [-0.25, -0.2) is 0 Å². The molecule has 1 saturated heterocycles. The minimum Gasteiger partial charge on any atom is -0.493 e. The van der Waals surface area contributed by atoms with E-state index >= 15 is 0 Å². The maximum absolute atomic E-state index is 11.8. The lowest BCUT2D eigenvalue weighted by atomic mass is 10.1. The number of esters is 1. The van der Waals surface area contributed by atoms with Crippen molar-refractivity contribution in [3.63, 3.8) is 0 Å². The van der Waals surface area contributed by atoms with Crippen molar-refractivity contribution in [2.75, 3.05) is 33.7 Å². The first-order chi connectivity index (χ1) is 10.6. The molecule has 0 aliphatic carbocycles. The fourth-order valence-electron chi connectivity index (χ4n) is 2.30. The van der Waals surface area contributed by atoms with E-state index in [1.807, 2.05) is 12.1 Å². The van der Waals surface area contributed by atoms with Gasteiger partial charge in [0.2, 0.25) is 5.75 Å². The second-order valence-electron chi connectivity index (χ2n) is 4.64. The summed E-state index contributed by atoms with van der Waals surface area (Å²) in [7, 11) is 4.73. The predicted molar refractivity (Wildman–Crippen MR) is 84.9 cm³/mol. The molecule has 1 aliphatic rings. The molecular weight excluding hydrogens is 306 g/mol. The summed E-state index contributed by atoms with van der Waals surface area (Å²) in [5, 5.41) is 3.24. The van der Waals surface area contributed by atoms with E-state index in [2.05, 4.69) is 5.32 Å². The molecule has 0 bridgehead atoms. The molecule has 1 unspecified atom stereocenters. The van der Waals surface area contributed by atoms with Crippen molar-refractivity contribution in [3.05, 3.63) is 17.7 Å². The molecule has 6 nitrogen and oxygen atoms in total. The summed E-state index contributed by atoms with van der Waals surface area (Å²) in [6.45, 7) is 2.19. The lowest BCUT2D eigenvalue weighted by Gasteiger charge is -2.17. The standard InChI is InChI=1S/C15H21NO5S/c1-5-21-15(17)10-8-22-14(16-10)9-6-11(18-2)13(20-4)12(7-9)19-3/h6-7,10,14,16H,5,8H2,1-4H3/t10-,14?/m0/s1. The summed E-state index contributed by atoms with van der Waals surface area (Å²) < 4.78 is 21.1. The highest BCUT2D eigenvalue weighted by atomic mass is 32.2. The zero-order valence-electron chi connectivity index (χ0n) is 13.2. The van der Waals surface area contributed by atoms with Crippen molar-refractivity contribution in [1.29, 1.82) is 0 Å². The van der Waals surface area contributed by atoms with Crippen molar-refractivity contribution >= 4 is 17.7 Å². The van der Waals surface area contributed by atoms with E-state index in [1.54, 1.807) is 40.0 Å². The molecule has 0 spiro atoms. The Hall–Kier alpha value is -1.60. The SMILES string of the molecule is CCOC(=O)[C@@H]1CSC(c2cc(OC)c(OC)c(OC)c2)N1. The Morgan fingerprint density at radius 1 is 1.23 bits per heavy atom. The minimum atomic E-state index is -0.297. The number of methoxy groups -OCH3 is 3. The van der Waals surface area contributed by atoms with Gasteiger partial charge in [0.05, 0.1) is 33.3 Å². The quantitative estimate of drug-likeness (QED) is 0.801. The zero-order valence-corrected chi connectivity index (χ0v) is 14.0. The van der Waals surface area contributed by atoms with Gasteiger partial charge in [-0.3, -0.25) is 10.1 Å². The lowest BCUT2D eigenvalue weighted by molar-refractivity contribution is -0.144. The molecule has 0 amide bonds. The monoisotopic (exact) mass is 327 g/mol. The van der Waals surface area contributed by atoms with Crippen LogP contribution in [0.4, 0.5) is 0 Å². The summed E-state index contributed by atoms with van der Waals surface area (Å²) >= 11 is 1.65. The Balaban J connectivity index is 2.21. The summed E-state index contributed by atoms with van der Waals surface area (Å²) in [5.74, 6) is 2.20. The Kier molecular flexibility index (Phi) is 5.79. The molecule has 1 aliphatic heterocycles. The highest BCUT2D eigenvalue weighted by Crippen LogP contribution is 2.43. The highest BCUT2D eigenvalue weighted by Gasteiger charge is 2.32. The number of rotatable bonds is 6. The first kappa shape index (κ1) is 16.8. The fraction of sp³-hybridized carbons (Fsp3) is 0.533. The van der Waals surface area contributed by atoms with Gasteiger partial charge in [0.1, 0.15) is 6.04 Å². The molecule has 122 valence electrons. The van der Waals surface area contributed by atoms with Crippen LogP contribution in [0.25, 0.3) is 0 Å². The van der Waals surface area contributed by atoms with Crippen LogP contribution in [0.5, 0.6) is 17.2 Å². The van der Waals surface area contributed by atoms with Gasteiger partial charge < -0.3 is 18.9 Å². The largest absolute Gasteiger partial charge is 0.493 e. The molecule has 7 heteroatoms. The average molecular weight is 327 g/mol. The first-order valence-corrected chi connectivity index (χ1v) is 8.03. The normalized spacial score (nSPS) is 20.5. The number of hydrogen-bond acceptors (Lipinski definition) is 7. The second-order valence-corrected chi connectivity index (χ2v) is 5.78. The van der Waals surface area contributed by atoms with Gasteiger partial charge in [-0.15, -0.1) is 11.8 Å². The summed E-state index contributed by atoms with van der Waals surface area (Å²) in [6.07, 6.45) is 0. The molecule has 22 heavy (non-hydrogen) atoms. The Morgan fingerprint density at radius 3 is 2.36 bits per heavy atom. The van der Waals surface area contributed by atoms with Crippen LogP contribution in [0.3, 0.4) is 0 Å². The maximum atomic E-state index is 11.8. The van der Waals surface area contributed by atoms with Gasteiger partial charge in [-0.2, -0.15) is 0 Å². The van der Waals surface area contributed by atoms with Gasteiger partial charge in [-0.05, 0) is 24.6 Å². The summed E-state index contributed by atoms with van der Waals surface area (Å²) in [4.78, 5) is 11.8. The predicted octanol–water partition coefficient (Wildman–Crippen LogP) is 1.98. The van der Waals surface area contributed by atoms with Crippen LogP contribution < -0.4 is 19.5 Å². The Labute approximate surface area is 134 Å². The van der Waals surface area contributed by atoms with Crippen LogP contribution in [0.1, 0.15) is 17.9 Å². The van der Waals surface area contributed by atoms with Crippen LogP contribution in [0, 0.1) is 0 Å². The molecular formula is C15H21NO5S. The van der Waals surface area contributed by atoms with Gasteiger partial charge in [0, 0.05) is 5.75 Å². The maximum Gasteiger partial charge on any atom is 0.324 e. The van der Waals surface area contributed by atoms with Crippen LogP contribution >= 0.6 is 11.8 Å². The summed E-state index contributed by atoms with van der Waals surface area (Å²) in [6, 6.07) is 3.48. The molecule has 2 atom stereocenters. The summed E-state index contributed by atoms with van der Waals surface area (Å²) in [5.41, 5.74) is 0.964. The fourth-order valence-corrected chi connectivity index (χ4v) is 3.50. The zero-order chi connectivity index (χ0) is 16.1.